The fourth-order valence-corrected chi connectivity index (χ4v) is 0. The SMILES string of the molecule is [Fe].[O]=[Sn]=[O]. The van der Waals surface area contributed by atoms with Crippen molar-refractivity contribution in [3.63, 3.8) is 0 Å². The molecule has 4 heavy (non-hydrogen) atoms. The van der Waals surface area contributed by atoms with Gasteiger partial charge >= 0.3 is 27.3 Å². The summed E-state index contributed by atoms with van der Waals surface area (Å²) in [4.78, 5) is 0. The molecule has 0 fully saturated rings. The molecule has 0 aliphatic rings. The molecule has 4 heteroatoms. The van der Waals surface area contributed by atoms with Crippen LogP contribution in [0.5, 0.6) is 0 Å². The molecule has 0 aliphatic heterocycles. The van der Waals surface area contributed by atoms with Gasteiger partial charge in [0.2, 0.25) is 0 Å². The topological polar surface area (TPSA) is 34.1 Å². The molecule has 0 aliphatic carbocycles. The molecule has 0 aromatic rings. The van der Waals surface area contributed by atoms with E-state index in [9.17, 15) is 0 Å². The zero-order valence-electron chi connectivity index (χ0n) is 1.67. The molecule has 0 N–H and O–H groups in total. The van der Waals surface area contributed by atoms with Crippen molar-refractivity contribution in [2.45, 2.75) is 0 Å². The molecule has 0 heterocycles. The third kappa shape index (κ3) is 12.7. The average Bonchev–Trinajstić information content (AvgIpc) is 0.918. The molecule has 0 saturated carbocycles. The molecule has 0 aromatic carbocycles. The van der Waals surface area contributed by atoms with Crippen LogP contribution in [-0.4, -0.2) is 21.1 Å². The third-order valence-electron chi connectivity index (χ3n) is 0. The quantitative estimate of drug-likeness (QED) is 0.495. The molecule has 0 aromatic heterocycles. The number of rotatable bonds is 0. The van der Waals surface area contributed by atoms with E-state index < -0.39 is 21.1 Å². The molecule has 0 unspecified atom stereocenters. The van der Waals surface area contributed by atoms with E-state index in [0.717, 1.165) is 0 Å². The normalized spacial score (nSPS) is 2.00. The van der Waals surface area contributed by atoms with Crippen molar-refractivity contribution in [3.05, 3.63) is 0 Å². The molecular weight excluding hydrogens is 207 g/mol. The zero-order chi connectivity index (χ0) is 2.71. The Morgan fingerprint density at radius 1 is 1.25 bits per heavy atom. The van der Waals surface area contributed by atoms with E-state index in [2.05, 4.69) is 0 Å². The van der Waals surface area contributed by atoms with E-state index in [4.69, 9.17) is 6.15 Å². The summed E-state index contributed by atoms with van der Waals surface area (Å²) in [6.07, 6.45) is 0. The Balaban J connectivity index is 0. The van der Waals surface area contributed by atoms with Crippen LogP contribution in [0.3, 0.4) is 0 Å². The van der Waals surface area contributed by atoms with E-state index in [1.165, 1.54) is 0 Å². The molecule has 0 atom stereocenters. The summed E-state index contributed by atoms with van der Waals surface area (Å²) in [7, 11) is 0. The minimum absolute atomic E-state index is 0. The van der Waals surface area contributed by atoms with Crippen LogP contribution in [-0.2, 0) is 23.2 Å². The van der Waals surface area contributed by atoms with Gasteiger partial charge in [0.05, 0.1) is 0 Å². The number of hydrogen-bond acceptors (Lipinski definition) is 2. The summed E-state index contributed by atoms with van der Waals surface area (Å²) in [5.41, 5.74) is 0. The van der Waals surface area contributed by atoms with Gasteiger partial charge in [-0.3, -0.25) is 0 Å². The van der Waals surface area contributed by atoms with E-state index in [1.54, 1.807) is 0 Å². The predicted octanol–water partition coefficient (Wildman–Crippen LogP) is -0.621. The van der Waals surface area contributed by atoms with Gasteiger partial charge in [-0.25, -0.2) is 0 Å². The predicted molar refractivity (Wildman–Crippen MR) is 7.13 cm³/mol. The maximum absolute atomic E-state index is 8.54. The molecule has 0 bridgehead atoms. The van der Waals surface area contributed by atoms with Gasteiger partial charge in [-0.1, -0.05) is 0 Å². The fourth-order valence-electron chi connectivity index (χ4n) is 0. The first-order valence-electron chi connectivity index (χ1n) is 0.408. The van der Waals surface area contributed by atoms with E-state index >= 15 is 0 Å². The van der Waals surface area contributed by atoms with Gasteiger partial charge in [0.15, 0.2) is 0 Å². The molecule has 0 rings (SSSR count). The first kappa shape index (κ1) is 8.87. The Morgan fingerprint density at radius 2 is 1.25 bits per heavy atom. The Hall–Kier alpha value is 0.918. The van der Waals surface area contributed by atoms with Crippen molar-refractivity contribution in [1.29, 1.82) is 0 Å². The third-order valence-corrected chi connectivity index (χ3v) is 0. The Morgan fingerprint density at radius 3 is 1.25 bits per heavy atom. The van der Waals surface area contributed by atoms with Gasteiger partial charge in [-0.15, -0.1) is 0 Å². The summed E-state index contributed by atoms with van der Waals surface area (Å²) < 4.78 is 17.1. The summed E-state index contributed by atoms with van der Waals surface area (Å²) in [5.74, 6) is 0. The molecule has 0 saturated heterocycles. The van der Waals surface area contributed by atoms with E-state index in [0.29, 0.717) is 0 Å². The molecule has 0 spiro atoms. The summed E-state index contributed by atoms with van der Waals surface area (Å²) >= 11 is -2.27. The van der Waals surface area contributed by atoms with Gasteiger partial charge in [0.25, 0.3) is 0 Å². The second-order valence-electron chi connectivity index (χ2n) is 0.0833. The van der Waals surface area contributed by atoms with Crippen LogP contribution in [0.15, 0.2) is 0 Å². The van der Waals surface area contributed by atoms with Crippen LogP contribution >= 0.6 is 0 Å². The van der Waals surface area contributed by atoms with Crippen molar-refractivity contribution < 1.29 is 23.2 Å². The molecule has 2 nitrogen and oxygen atoms in total. The monoisotopic (exact) mass is 208 g/mol. The van der Waals surface area contributed by atoms with Crippen LogP contribution < -0.4 is 0 Å². The Labute approximate surface area is 44.4 Å². The second-order valence-corrected chi connectivity index (χ2v) is 0.559. The average molecular weight is 207 g/mol. The Bertz CT molecular complexity index is 27.0. The van der Waals surface area contributed by atoms with Crippen molar-refractivity contribution in [2.75, 3.05) is 0 Å². The summed E-state index contributed by atoms with van der Waals surface area (Å²) in [6.45, 7) is 0. The molecular formula is FeO2Sn. The maximum atomic E-state index is 8.54. The van der Waals surface area contributed by atoms with E-state index in [-0.39, 0.29) is 17.1 Å². The van der Waals surface area contributed by atoms with Crippen LogP contribution in [0.1, 0.15) is 0 Å². The van der Waals surface area contributed by atoms with Gasteiger partial charge < -0.3 is 0 Å². The van der Waals surface area contributed by atoms with Gasteiger partial charge in [-0.05, 0) is 0 Å². The summed E-state index contributed by atoms with van der Waals surface area (Å²) in [6, 6.07) is 0. The van der Waals surface area contributed by atoms with Crippen LogP contribution in [0.4, 0.5) is 0 Å². The van der Waals surface area contributed by atoms with Crippen molar-refractivity contribution in [1.82, 2.24) is 0 Å². The van der Waals surface area contributed by atoms with Crippen LogP contribution in [0, 0.1) is 0 Å². The first-order valence-corrected chi connectivity index (χ1v) is 2.74. The second kappa shape index (κ2) is 9.07. The zero-order valence-corrected chi connectivity index (χ0v) is 5.63. The van der Waals surface area contributed by atoms with Crippen LogP contribution in [0.2, 0.25) is 0 Å². The summed E-state index contributed by atoms with van der Waals surface area (Å²) in [5, 5.41) is 0. The van der Waals surface area contributed by atoms with Crippen molar-refractivity contribution in [3.8, 4) is 0 Å². The first-order chi connectivity index (χ1) is 1.41. The van der Waals surface area contributed by atoms with Crippen molar-refractivity contribution in [2.24, 2.45) is 0 Å². The Kier molecular flexibility index (Phi) is 20.1. The van der Waals surface area contributed by atoms with Crippen LogP contribution in [0.25, 0.3) is 0 Å². The molecule has 0 amide bonds. The van der Waals surface area contributed by atoms with Gasteiger partial charge in [0.1, 0.15) is 0 Å². The van der Waals surface area contributed by atoms with E-state index in [1.807, 2.05) is 0 Å². The van der Waals surface area contributed by atoms with Gasteiger partial charge in [0, 0.05) is 17.1 Å². The van der Waals surface area contributed by atoms with Crippen molar-refractivity contribution >= 4 is 21.1 Å². The standard InChI is InChI=1S/Fe.2O.Sn. The van der Waals surface area contributed by atoms with Gasteiger partial charge in [-0.2, -0.15) is 0 Å². The molecule has 24 valence electrons. The number of hydrogen-bond donors (Lipinski definition) is 0. The molecule has 0 radical (unpaired) electrons. The minimum atomic E-state index is -2.27. The fraction of sp³-hybridized carbons (Fsp3) is 0.